The van der Waals surface area contributed by atoms with Gasteiger partial charge in [-0.15, -0.1) is 10.2 Å². The molecule has 110 valence electrons. The third kappa shape index (κ3) is 3.56. The molecule has 0 amide bonds. The number of nitrogens with zero attached hydrogens (tertiary/aromatic N) is 4. The van der Waals surface area contributed by atoms with Crippen molar-refractivity contribution in [2.24, 2.45) is 0 Å². The van der Waals surface area contributed by atoms with Gasteiger partial charge in [0.2, 0.25) is 4.96 Å². The molecule has 2 heterocycles. The molecule has 2 aromatic heterocycles. The number of benzene rings is 1. The van der Waals surface area contributed by atoms with E-state index in [-0.39, 0.29) is 0 Å². The number of rotatable bonds is 6. The van der Waals surface area contributed by atoms with Crippen molar-refractivity contribution in [3.63, 3.8) is 0 Å². The Morgan fingerprint density at radius 3 is 2.86 bits per heavy atom. The minimum absolute atomic E-state index is 0.440. The van der Waals surface area contributed by atoms with Crippen LogP contribution in [-0.4, -0.2) is 25.6 Å². The second-order valence-electron chi connectivity index (χ2n) is 4.19. The summed E-state index contributed by atoms with van der Waals surface area (Å²) in [5.74, 6) is 3.60. The van der Waals surface area contributed by atoms with Crippen LogP contribution in [0.3, 0.4) is 0 Å². The molecule has 0 radical (unpaired) electrons. The molecule has 0 fully saturated rings. The van der Waals surface area contributed by atoms with E-state index in [1.54, 1.807) is 0 Å². The molecular weight excluding hydrogens is 372 g/mol. The molecule has 0 atom stereocenters. The molecule has 0 aliphatic heterocycles. The highest BCUT2D eigenvalue weighted by molar-refractivity contribution is 9.10. The molecule has 3 rings (SSSR count). The topological polar surface area (TPSA) is 52.3 Å². The Balaban J connectivity index is 1.69. The van der Waals surface area contributed by atoms with Crippen LogP contribution in [0.2, 0.25) is 0 Å². The molecule has 8 heteroatoms. The fraction of sp³-hybridized carbons (Fsp3) is 0.308. The van der Waals surface area contributed by atoms with Gasteiger partial charge >= 0.3 is 0 Å². The summed E-state index contributed by atoms with van der Waals surface area (Å²) >= 11 is 6.72. The summed E-state index contributed by atoms with van der Waals surface area (Å²) in [6, 6.07) is 7.75. The summed E-state index contributed by atoms with van der Waals surface area (Å²) < 4.78 is 8.57. The van der Waals surface area contributed by atoms with E-state index in [4.69, 9.17) is 4.74 Å². The SMILES string of the molecule is CCSCc1nnc2sc(COc3ccc(Br)cc3)nn12. The van der Waals surface area contributed by atoms with Gasteiger partial charge in [-0.05, 0) is 30.0 Å². The number of thioether (sulfide) groups is 1. The van der Waals surface area contributed by atoms with Crippen LogP contribution in [0, 0.1) is 0 Å². The van der Waals surface area contributed by atoms with Crippen molar-refractivity contribution in [1.82, 2.24) is 19.8 Å². The maximum atomic E-state index is 5.73. The minimum atomic E-state index is 0.440. The molecule has 0 aliphatic carbocycles. The number of ether oxygens (including phenoxy) is 1. The third-order valence-electron chi connectivity index (χ3n) is 2.71. The minimum Gasteiger partial charge on any atom is -0.486 e. The maximum Gasteiger partial charge on any atom is 0.234 e. The lowest BCUT2D eigenvalue weighted by Crippen LogP contribution is -1.98. The summed E-state index contributed by atoms with van der Waals surface area (Å²) in [5.41, 5.74) is 0. The van der Waals surface area contributed by atoms with Gasteiger partial charge in [-0.2, -0.15) is 21.4 Å². The zero-order chi connectivity index (χ0) is 14.7. The molecule has 5 nitrogen and oxygen atoms in total. The van der Waals surface area contributed by atoms with Gasteiger partial charge < -0.3 is 4.74 Å². The van der Waals surface area contributed by atoms with Crippen molar-refractivity contribution in [3.8, 4) is 5.75 Å². The number of hydrogen-bond donors (Lipinski definition) is 0. The predicted molar refractivity (Wildman–Crippen MR) is 89.0 cm³/mol. The van der Waals surface area contributed by atoms with Gasteiger partial charge in [0.1, 0.15) is 12.4 Å². The van der Waals surface area contributed by atoms with E-state index in [1.165, 1.54) is 11.3 Å². The van der Waals surface area contributed by atoms with Gasteiger partial charge in [-0.3, -0.25) is 0 Å². The molecule has 3 aromatic rings. The summed E-state index contributed by atoms with van der Waals surface area (Å²) in [6.45, 7) is 2.57. The Morgan fingerprint density at radius 2 is 2.10 bits per heavy atom. The lowest BCUT2D eigenvalue weighted by Gasteiger charge is -2.03. The Morgan fingerprint density at radius 1 is 1.29 bits per heavy atom. The Kier molecular flexibility index (Phi) is 4.77. The monoisotopic (exact) mass is 384 g/mol. The standard InChI is InChI=1S/C13H13BrN4OS2/c1-2-20-8-11-15-16-13-18(11)17-12(21-13)7-19-10-5-3-9(14)4-6-10/h3-6H,2,7-8H2,1H3. The summed E-state index contributed by atoms with van der Waals surface area (Å²) in [7, 11) is 0. The van der Waals surface area contributed by atoms with Crippen LogP contribution < -0.4 is 4.74 Å². The average Bonchev–Trinajstić information content (AvgIpc) is 3.05. The van der Waals surface area contributed by atoms with Crippen molar-refractivity contribution in [1.29, 1.82) is 0 Å². The number of aromatic nitrogens is 4. The first-order valence-electron chi connectivity index (χ1n) is 6.42. The molecule has 0 saturated carbocycles. The number of halogens is 1. The van der Waals surface area contributed by atoms with E-state index < -0.39 is 0 Å². The second-order valence-corrected chi connectivity index (χ2v) is 7.42. The van der Waals surface area contributed by atoms with Gasteiger partial charge in [0.05, 0.1) is 5.75 Å². The van der Waals surface area contributed by atoms with E-state index in [9.17, 15) is 0 Å². The first kappa shape index (κ1) is 14.8. The zero-order valence-corrected chi connectivity index (χ0v) is 14.5. The normalized spacial score (nSPS) is 11.1. The van der Waals surface area contributed by atoms with E-state index in [0.717, 1.165) is 37.5 Å². The zero-order valence-electron chi connectivity index (χ0n) is 11.3. The molecule has 0 N–H and O–H groups in total. The molecule has 0 aliphatic rings. The number of hydrogen-bond acceptors (Lipinski definition) is 6. The van der Waals surface area contributed by atoms with Crippen molar-refractivity contribution >= 4 is 44.0 Å². The largest absolute Gasteiger partial charge is 0.486 e. The Hall–Kier alpha value is -1.12. The van der Waals surface area contributed by atoms with Crippen LogP contribution in [-0.2, 0) is 12.4 Å². The van der Waals surface area contributed by atoms with E-state index >= 15 is 0 Å². The Bertz CT molecular complexity index is 725. The maximum absolute atomic E-state index is 5.73. The van der Waals surface area contributed by atoms with Gasteiger partial charge in [-0.25, -0.2) is 0 Å². The van der Waals surface area contributed by atoms with Crippen LogP contribution in [0.25, 0.3) is 4.96 Å². The number of fused-ring (bicyclic) bond motifs is 1. The van der Waals surface area contributed by atoms with Gasteiger partial charge in [0, 0.05) is 4.47 Å². The molecule has 0 spiro atoms. The van der Waals surface area contributed by atoms with Crippen molar-refractivity contribution in [2.45, 2.75) is 19.3 Å². The fourth-order valence-corrected chi connectivity index (χ4v) is 3.31. The van der Waals surface area contributed by atoms with Crippen LogP contribution in [0.15, 0.2) is 28.7 Å². The van der Waals surface area contributed by atoms with E-state index in [2.05, 4.69) is 38.1 Å². The molecule has 21 heavy (non-hydrogen) atoms. The van der Waals surface area contributed by atoms with Crippen molar-refractivity contribution in [3.05, 3.63) is 39.6 Å². The van der Waals surface area contributed by atoms with Gasteiger partial charge in [0.25, 0.3) is 0 Å². The third-order valence-corrected chi connectivity index (χ3v) is 4.98. The highest BCUT2D eigenvalue weighted by atomic mass is 79.9. The average molecular weight is 385 g/mol. The molecule has 1 aromatic carbocycles. The highest BCUT2D eigenvalue weighted by Crippen LogP contribution is 2.20. The predicted octanol–water partition coefficient (Wildman–Crippen LogP) is 3.78. The van der Waals surface area contributed by atoms with Crippen LogP contribution in [0.4, 0.5) is 0 Å². The van der Waals surface area contributed by atoms with E-state index in [1.807, 2.05) is 40.5 Å². The van der Waals surface area contributed by atoms with Crippen LogP contribution in [0.5, 0.6) is 5.75 Å². The van der Waals surface area contributed by atoms with E-state index in [0.29, 0.717) is 6.61 Å². The van der Waals surface area contributed by atoms with Crippen molar-refractivity contribution < 1.29 is 4.74 Å². The summed E-state index contributed by atoms with van der Waals surface area (Å²) in [4.78, 5) is 0.816. The summed E-state index contributed by atoms with van der Waals surface area (Å²) in [6.07, 6.45) is 0. The summed E-state index contributed by atoms with van der Waals surface area (Å²) in [5, 5.41) is 13.7. The molecule has 0 unspecified atom stereocenters. The first-order chi connectivity index (χ1) is 10.3. The molecular formula is C13H13BrN4OS2. The highest BCUT2D eigenvalue weighted by Gasteiger charge is 2.11. The quantitative estimate of drug-likeness (QED) is 0.647. The van der Waals surface area contributed by atoms with Gasteiger partial charge in [0.15, 0.2) is 10.8 Å². The molecule has 0 bridgehead atoms. The van der Waals surface area contributed by atoms with Crippen LogP contribution in [0.1, 0.15) is 17.8 Å². The fourth-order valence-electron chi connectivity index (χ4n) is 1.71. The van der Waals surface area contributed by atoms with Crippen LogP contribution >= 0.6 is 39.0 Å². The lowest BCUT2D eigenvalue weighted by molar-refractivity contribution is 0.304. The lowest BCUT2D eigenvalue weighted by atomic mass is 10.3. The second kappa shape index (κ2) is 6.76. The van der Waals surface area contributed by atoms with Crippen molar-refractivity contribution in [2.75, 3.05) is 5.75 Å². The Labute approximate surface area is 138 Å². The van der Waals surface area contributed by atoms with Gasteiger partial charge in [-0.1, -0.05) is 34.2 Å². The molecule has 0 saturated heterocycles. The smallest absolute Gasteiger partial charge is 0.234 e. The first-order valence-corrected chi connectivity index (χ1v) is 9.19.